The van der Waals surface area contributed by atoms with Crippen LogP contribution in [0, 0.1) is 6.92 Å². The molecule has 3 rings (SSSR count). The van der Waals surface area contributed by atoms with Crippen molar-refractivity contribution < 1.29 is 4.74 Å². The second-order valence-electron chi connectivity index (χ2n) is 8.08. The van der Waals surface area contributed by atoms with Crippen LogP contribution in [0.5, 0.6) is 0 Å². The highest BCUT2D eigenvalue weighted by atomic mass is 32.1. The molecule has 7 heteroatoms. The van der Waals surface area contributed by atoms with Crippen molar-refractivity contribution in [2.75, 3.05) is 46.4 Å². The van der Waals surface area contributed by atoms with E-state index in [1.165, 1.54) is 37.1 Å². The van der Waals surface area contributed by atoms with Crippen molar-refractivity contribution in [1.29, 1.82) is 0 Å². The zero-order valence-electron chi connectivity index (χ0n) is 17.6. The van der Waals surface area contributed by atoms with Gasteiger partial charge in [0.2, 0.25) is 0 Å². The summed E-state index contributed by atoms with van der Waals surface area (Å²) in [6.07, 6.45) is 9.98. The molecule has 1 aliphatic carbocycles. The van der Waals surface area contributed by atoms with Crippen molar-refractivity contribution in [2.24, 2.45) is 4.99 Å². The number of unbranched alkanes of at least 4 members (excludes halogenated alkanes) is 1. The van der Waals surface area contributed by atoms with Crippen LogP contribution < -0.4 is 10.6 Å². The number of aromatic nitrogens is 1. The Hall–Kier alpha value is -1.18. The van der Waals surface area contributed by atoms with Crippen LogP contribution in [0.1, 0.15) is 55.6 Å². The molecule has 1 saturated heterocycles. The van der Waals surface area contributed by atoms with Crippen LogP contribution in [0.3, 0.4) is 0 Å². The first-order valence-corrected chi connectivity index (χ1v) is 11.8. The van der Waals surface area contributed by atoms with Gasteiger partial charge in [-0.3, -0.25) is 9.89 Å². The van der Waals surface area contributed by atoms with Gasteiger partial charge in [0.15, 0.2) is 5.96 Å². The average Bonchev–Trinajstić information content (AvgIpc) is 3.16. The number of aryl methyl sites for hydroxylation is 2. The lowest BCUT2D eigenvalue weighted by molar-refractivity contribution is -0.0352. The Morgan fingerprint density at radius 1 is 1.21 bits per heavy atom. The fourth-order valence-electron chi connectivity index (χ4n) is 4.45. The number of morpholine rings is 1. The Morgan fingerprint density at radius 2 is 2.00 bits per heavy atom. The maximum absolute atomic E-state index is 5.59. The molecule has 158 valence electrons. The van der Waals surface area contributed by atoms with Crippen LogP contribution in [0.4, 0.5) is 0 Å². The molecule has 2 heterocycles. The highest BCUT2D eigenvalue weighted by molar-refractivity contribution is 7.09. The van der Waals surface area contributed by atoms with Gasteiger partial charge in [0, 0.05) is 49.8 Å². The molecule has 1 aromatic rings. The van der Waals surface area contributed by atoms with Crippen LogP contribution in [-0.4, -0.2) is 67.8 Å². The third-order valence-electron chi connectivity index (χ3n) is 6.05. The number of nitrogens with one attached hydrogen (secondary N) is 2. The van der Waals surface area contributed by atoms with E-state index in [9.17, 15) is 0 Å². The smallest absolute Gasteiger partial charge is 0.191 e. The summed E-state index contributed by atoms with van der Waals surface area (Å²) in [7, 11) is 1.87. The molecule has 0 bridgehead atoms. The average molecular weight is 408 g/mol. The number of ether oxygens (including phenoxy) is 1. The molecular formula is C21H37N5OS. The van der Waals surface area contributed by atoms with Gasteiger partial charge in [-0.2, -0.15) is 0 Å². The van der Waals surface area contributed by atoms with E-state index in [0.717, 1.165) is 70.3 Å². The Kier molecular flexibility index (Phi) is 8.55. The van der Waals surface area contributed by atoms with Crippen LogP contribution in [0.2, 0.25) is 0 Å². The van der Waals surface area contributed by atoms with Crippen molar-refractivity contribution in [3.05, 3.63) is 16.1 Å². The van der Waals surface area contributed by atoms with Crippen LogP contribution in [0.15, 0.2) is 10.4 Å². The molecule has 0 unspecified atom stereocenters. The summed E-state index contributed by atoms with van der Waals surface area (Å²) in [6, 6.07) is 0. The maximum Gasteiger partial charge on any atom is 0.191 e. The predicted octanol–water partition coefficient (Wildman–Crippen LogP) is 2.97. The molecule has 1 aromatic heterocycles. The highest BCUT2D eigenvalue weighted by Crippen LogP contribution is 2.33. The van der Waals surface area contributed by atoms with E-state index >= 15 is 0 Å². The molecule has 0 aromatic carbocycles. The molecule has 28 heavy (non-hydrogen) atoms. The summed E-state index contributed by atoms with van der Waals surface area (Å²) in [5.74, 6) is 0.934. The zero-order chi connectivity index (χ0) is 19.7. The number of hydrogen-bond donors (Lipinski definition) is 2. The topological polar surface area (TPSA) is 61.8 Å². The van der Waals surface area contributed by atoms with E-state index in [1.807, 2.05) is 7.05 Å². The second kappa shape index (κ2) is 11.1. The van der Waals surface area contributed by atoms with Crippen molar-refractivity contribution in [1.82, 2.24) is 20.5 Å². The monoisotopic (exact) mass is 407 g/mol. The van der Waals surface area contributed by atoms with E-state index in [1.54, 1.807) is 11.3 Å². The summed E-state index contributed by atoms with van der Waals surface area (Å²) >= 11 is 1.77. The summed E-state index contributed by atoms with van der Waals surface area (Å²) in [5.41, 5.74) is 1.40. The van der Waals surface area contributed by atoms with Crippen LogP contribution in [-0.2, 0) is 11.2 Å². The minimum atomic E-state index is 0.266. The van der Waals surface area contributed by atoms with Gasteiger partial charge in [-0.25, -0.2) is 4.98 Å². The third kappa shape index (κ3) is 6.16. The summed E-state index contributed by atoms with van der Waals surface area (Å²) < 4.78 is 5.59. The van der Waals surface area contributed by atoms with E-state index < -0.39 is 0 Å². The lowest BCUT2D eigenvalue weighted by Crippen LogP contribution is -2.60. The number of hydrogen-bond acceptors (Lipinski definition) is 5. The van der Waals surface area contributed by atoms with Crippen molar-refractivity contribution >= 4 is 17.3 Å². The Morgan fingerprint density at radius 3 is 2.68 bits per heavy atom. The maximum atomic E-state index is 5.59. The molecular weight excluding hydrogens is 370 g/mol. The minimum Gasteiger partial charge on any atom is -0.379 e. The molecule has 0 spiro atoms. The summed E-state index contributed by atoms with van der Waals surface area (Å²) in [6.45, 7) is 7.85. The molecule has 2 fully saturated rings. The first kappa shape index (κ1) is 21.5. The summed E-state index contributed by atoms with van der Waals surface area (Å²) in [5, 5.41) is 10.5. The second-order valence-corrected chi connectivity index (χ2v) is 9.02. The lowest BCUT2D eigenvalue weighted by atomic mass is 9.80. The van der Waals surface area contributed by atoms with E-state index in [4.69, 9.17) is 4.74 Å². The normalized spacial score (nSPS) is 20.9. The van der Waals surface area contributed by atoms with Crippen LogP contribution >= 0.6 is 11.3 Å². The Labute approximate surface area is 174 Å². The van der Waals surface area contributed by atoms with Gasteiger partial charge in [-0.15, -0.1) is 11.3 Å². The molecule has 0 amide bonds. The standard InChI is InChI=1S/C21H37N5OS/c1-18-16-28-19(25-18)8-4-7-11-23-20(22-2)24-17-21(9-5-3-6-10-21)26-12-14-27-15-13-26/h16H,3-15,17H2,1-2H3,(H2,22,23,24). The van der Waals surface area contributed by atoms with E-state index in [0.29, 0.717) is 0 Å². The zero-order valence-corrected chi connectivity index (χ0v) is 18.5. The van der Waals surface area contributed by atoms with Crippen molar-refractivity contribution in [2.45, 2.75) is 63.8 Å². The SMILES string of the molecule is CN=C(NCCCCc1nc(C)cs1)NCC1(N2CCOCC2)CCCCC1. The van der Waals surface area contributed by atoms with E-state index in [2.05, 4.69) is 37.8 Å². The molecule has 6 nitrogen and oxygen atoms in total. The largest absolute Gasteiger partial charge is 0.379 e. The fourth-order valence-corrected chi connectivity index (χ4v) is 5.26. The molecule has 1 aliphatic heterocycles. The summed E-state index contributed by atoms with van der Waals surface area (Å²) in [4.78, 5) is 11.7. The van der Waals surface area contributed by atoms with E-state index in [-0.39, 0.29) is 5.54 Å². The van der Waals surface area contributed by atoms with Gasteiger partial charge in [0.25, 0.3) is 0 Å². The first-order chi connectivity index (χ1) is 13.7. The molecule has 2 N–H and O–H groups in total. The molecule has 2 aliphatic rings. The number of guanidine groups is 1. The van der Waals surface area contributed by atoms with Gasteiger partial charge in [0.05, 0.1) is 18.2 Å². The highest BCUT2D eigenvalue weighted by Gasteiger charge is 2.38. The number of nitrogens with zero attached hydrogens (tertiary/aromatic N) is 3. The molecule has 0 atom stereocenters. The van der Waals surface area contributed by atoms with Gasteiger partial charge < -0.3 is 15.4 Å². The van der Waals surface area contributed by atoms with Crippen molar-refractivity contribution in [3.63, 3.8) is 0 Å². The number of thiazole rings is 1. The fraction of sp³-hybridized carbons (Fsp3) is 0.810. The minimum absolute atomic E-state index is 0.266. The van der Waals surface area contributed by atoms with Gasteiger partial charge >= 0.3 is 0 Å². The lowest BCUT2D eigenvalue weighted by Gasteiger charge is -2.48. The first-order valence-electron chi connectivity index (χ1n) is 10.9. The predicted molar refractivity (Wildman–Crippen MR) is 117 cm³/mol. The number of rotatable bonds is 8. The molecule has 1 saturated carbocycles. The van der Waals surface area contributed by atoms with Gasteiger partial charge in [-0.1, -0.05) is 19.3 Å². The Balaban J connectivity index is 1.41. The Bertz CT molecular complexity index is 606. The quantitative estimate of drug-likeness (QED) is 0.394. The van der Waals surface area contributed by atoms with Gasteiger partial charge in [-0.05, 0) is 39.0 Å². The third-order valence-corrected chi connectivity index (χ3v) is 7.08. The van der Waals surface area contributed by atoms with Crippen LogP contribution in [0.25, 0.3) is 0 Å². The van der Waals surface area contributed by atoms with Crippen molar-refractivity contribution in [3.8, 4) is 0 Å². The number of aliphatic imine (C=N–C) groups is 1. The van der Waals surface area contributed by atoms with Gasteiger partial charge in [0.1, 0.15) is 0 Å². The molecule has 0 radical (unpaired) electrons.